The van der Waals surface area contributed by atoms with E-state index >= 15 is 0 Å². The highest BCUT2D eigenvalue weighted by Crippen LogP contribution is 2.25. The molecule has 0 aliphatic rings. The van der Waals surface area contributed by atoms with E-state index in [1.54, 1.807) is 0 Å². The number of nitrogens with one attached hydrogen (secondary N) is 1. The van der Waals surface area contributed by atoms with Crippen molar-refractivity contribution in [1.82, 2.24) is 5.32 Å². The smallest absolute Gasteiger partial charge is 0.303 e. The highest BCUT2D eigenvalue weighted by Gasteiger charge is 2.18. The van der Waals surface area contributed by atoms with E-state index in [1.165, 1.54) is 19.3 Å². The quantitative estimate of drug-likeness (QED) is 0.566. The molecule has 0 bridgehead atoms. The summed E-state index contributed by atoms with van der Waals surface area (Å²) in [6.45, 7) is 8.57. The second-order valence-corrected chi connectivity index (χ2v) is 5.27. The van der Waals surface area contributed by atoms with E-state index in [0.717, 1.165) is 25.9 Å². The number of rotatable bonds is 10. The van der Waals surface area contributed by atoms with Gasteiger partial charge in [-0.1, -0.05) is 33.6 Å². The Morgan fingerprint density at radius 2 is 1.88 bits per heavy atom. The third-order valence-corrected chi connectivity index (χ3v) is 2.95. The van der Waals surface area contributed by atoms with Crippen LogP contribution in [0.1, 0.15) is 59.3 Å². The Labute approximate surface area is 99.6 Å². The Hall–Kier alpha value is -0.570. The number of carboxylic acids is 1. The predicted molar refractivity (Wildman–Crippen MR) is 67.7 cm³/mol. The monoisotopic (exact) mass is 229 g/mol. The number of carboxylic acid groups (broad SMARTS) is 1. The van der Waals surface area contributed by atoms with E-state index in [2.05, 4.69) is 26.1 Å². The van der Waals surface area contributed by atoms with Crippen molar-refractivity contribution in [3.05, 3.63) is 0 Å². The average molecular weight is 229 g/mol. The molecule has 0 aromatic carbocycles. The second kappa shape index (κ2) is 8.57. The van der Waals surface area contributed by atoms with Gasteiger partial charge in [0, 0.05) is 6.42 Å². The van der Waals surface area contributed by atoms with E-state index in [0.29, 0.717) is 0 Å². The summed E-state index contributed by atoms with van der Waals surface area (Å²) in [5, 5.41) is 12.0. The molecule has 0 aliphatic carbocycles. The number of unbranched alkanes of at least 4 members (excludes halogenated alkanes) is 2. The van der Waals surface area contributed by atoms with Crippen LogP contribution in [0.25, 0.3) is 0 Å². The molecule has 0 spiro atoms. The van der Waals surface area contributed by atoms with E-state index in [1.807, 2.05) is 0 Å². The Balaban J connectivity index is 3.46. The first kappa shape index (κ1) is 15.4. The van der Waals surface area contributed by atoms with Crippen molar-refractivity contribution in [2.75, 3.05) is 13.1 Å². The third kappa shape index (κ3) is 9.97. The molecular formula is C13H27NO2. The van der Waals surface area contributed by atoms with Crippen LogP contribution in [0.15, 0.2) is 0 Å². The minimum Gasteiger partial charge on any atom is -0.481 e. The van der Waals surface area contributed by atoms with Crippen molar-refractivity contribution in [1.29, 1.82) is 0 Å². The maximum atomic E-state index is 10.5. The fourth-order valence-corrected chi connectivity index (χ4v) is 1.62. The van der Waals surface area contributed by atoms with Crippen molar-refractivity contribution < 1.29 is 9.90 Å². The summed E-state index contributed by atoms with van der Waals surface area (Å²) < 4.78 is 0. The largest absolute Gasteiger partial charge is 0.481 e. The predicted octanol–water partition coefficient (Wildman–Crippen LogP) is 3.05. The summed E-state index contributed by atoms with van der Waals surface area (Å²) in [7, 11) is 0. The second-order valence-electron chi connectivity index (χ2n) is 5.27. The molecule has 0 fully saturated rings. The molecule has 3 nitrogen and oxygen atoms in total. The minimum absolute atomic E-state index is 0.135. The first-order valence-electron chi connectivity index (χ1n) is 6.40. The molecule has 0 atom stereocenters. The SMILES string of the molecule is CCCCCNCCC(C)(C)CCC(=O)O. The van der Waals surface area contributed by atoms with Crippen molar-refractivity contribution >= 4 is 5.97 Å². The highest BCUT2D eigenvalue weighted by atomic mass is 16.4. The molecule has 16 heavy (non-hydrogen) atoms. The van der Waals surface area contributed by atoms with Gasteiger partial charge in [0.05, 0.1) is 0 Å². The standard InChI is InChI=1S/C13H27NO2/c1-4-5-6-10-14-11-9-13(2,3)8-7-12(15)16/h14H,4-11H2,1-3H3,(H,15,16). The summed E-state index contributed by atoms with van der Waals surface area (Å²) in [4.78, 5) is 10.5. The molecule has 3 heteroatoms. The molecule has 0 aromatic heterocycles. The molecule has 0 rings (SSSR count). The van der Waals surface area contributed by atoms with Crippen LogP contribution in [0, 0.1) is 5.41 Å². The van der Waals surface area contributed by atoms with Gasteiger partial charge in [-0.25, -0.2) is 0 Å². The van der Waals surface area contributed by atoms with Crippen LogP contribution in [0.3, 0.4) is 0 Å². The number of hydrogen-bond acceptors (Lipinski definition) is 2. The minimum atomic E-state index is -0.691. The van der Waals surface area contributed by atoms with E-state index < -0.39 is 5.97 Å². The lowest BCUT2D eigenvalue weighted by atomic mass is 9.84. The molecule has 0 saturated heterocycles. The zero-order chi connectivity index (χ0) is 12.4. The van der Waals surface area contributed by atoms with Gasteiger partial charge in [-0.05, 0) is 37.8 Å². The summed E-state index contributed by atoms with van der Waals surface area (Å²) in [5.74, 6) is -0.691. The number of carbonyl (C=O) groups is 1. The number of hydrogen-bond donors (Lipinski definition) is 2. The van der Waals surface area contributed by atoms with E-state index in [-0.39, 0.29) is 11.8 Å². The first-order chi connectivity index (χ1) is 7.48. The van der Waals surface area contributed by atoms with Gasteiger partial charge in [-0.15, -0.1) is 0 Å². The molecule has 96 valence electrons. The van der Waals surface area contributed by atoms with E-state index in [4.69, 9.17) is 5.11 Å². The molecular weight excluding hydrogens is 202 g/mol. The highest BCUT2D eigenvalue weighted by molar-refractivity contribution is 5.66. The Kier molecular flexibility index (Phi) is 8.26. The lowest BCUT2D eigenvalue weighted by Crippen LogP contribution is -2.23. The lowest BCUT2D eigenvalue weighted by molar-refractivity contribution is -0.137. The summed E-state index contributed by atoms with van der Waals surface area (Å²) in [5.41, 5.74) is 0.135. The lowest BCUT2D eigenvalue weighted by Gasteiger charge is -2.23. The molecule has 0 amide bonds. The van der Waals surface area contributed by atoms with Gasteiger partial charge in [0.1, 0.15) is 0 Å². The Bertz CT molecular complexity index is 190. The summed E-state index contributed by atoms with van der Waals surface area (Å²) in [6, 6.07) is 0. The molecule has 0 unspecified atom stereocenters. The van der Waals surface area contributed by atoms with Crippen LogP contribution in [0.4, 0.5) is 0 Å². The molecule has 0 aliphatic heterocycles. The maximum absolute atomic E-state index is 10.5. The van der Waals surface area contributed by atoms with Gasteiger partial charge in [0.2, 0.25) is 0 Å². The molecule has 0 heterocycles. The molecule has 2 N–H and O–H groups in total. The van der Waals surface area contributed by atoms with Crippen LogP contribution in [-0.4, -0.2) is 24.2 Å². The number of aliphatic carboxylic acids is 1. The van der Waals surface area contributed by atoms with Gasteiger partial charge < -0.3 is 10.4 Å². The van der Waals surface area contributed by atoms with Gasteiger partial charge in [0.25, 0.3) is 0 Å². The van der Waals surface area contributed by atoms with Crippen LogP contribution in [0.5, 0.6) is 0 Å². The van der Waals surface area contributed by atoms with Crippen LogP contribution < -0.4 is 5.32 Å². The van der Waals surface area contributed by atoms with Crippen molar-refractivity contribution in [3.8, 4) is 0 Å². The van der Waals surface area contributed by atoms with Crippen LogP contribution >= 0.6 is 0 Å². The van der Waals surface area contributed by atoms with Gasteiger partial charge in [0.15, 0.2) is 0 Å². The topological polar surface area (TPSA) is 49.3 Å². The molecule has 0 saturated carbocycles. The van der Waals surface area contributed by atoms with Gasteiger partial charge in [-0.2, -0.15) is 0 Å². The maximum Gasteiger partial charge on any atom is 0.303 e. The van der Waals surface area contributed by atoms with Crippen molar-refractivity contribution in [3.63, 3.8) is 0 Å². The fraction of sp³-hybridized carbons (Fsp3) is 0.923. The first-order valence-corrected chi connectivity index (χ1v) is 6.40. The normalized spacial score (nSPS) is 11.7. The van der Waals surface area contributed by atoms with Gasteiger partial charge in [-0.3, -0.25) is 4.79 Å². The Morgan fingerprint density at radius 1 is 1.19 bits per heavy atom. The van der Waals surface area contributed by atoms with Crippen molar-refractivity contribution in [2.24, 2.45) is 5.41 Å². The Morgan fingerprint density at radius 3 is 2.44 bits per heavy atom. The average Bonchev–Trinajstić information content (AvgIpc) is 2.21. The van der Waals surface area contributed by atoms with E-state index in [9.17, 15) is 4.79 Å². The summed E-state index contributed by atoms with van der Waals surface area (Å²) in [6.07, 6.45) is 5.88. The van der Waals surface area contributed by atoms with Crippen LogP contribution in [-0.2, 0) is 4.79 Å². The zero-order valence-corrected chi connectivity index (χ0v) is 11.0. The molecule has 0 aromatic rings. The van der Waals surface area contributed by atoms with Crippen LogP contribution in [0.2, 0.25) is 0 Å². The fourth-order valence-electron chi connectivity index (χ4n) is 1.62. The zero-order valence-electron chi connectivity index (χ0n) is 11.0. The molecule has 0 radical (unpaired) electrons. The third-order valence-electron chi connectivity index (χ3n) is 2.95. The summed E-state index contributed by atoms with van der Waals surface area (Å²) >= 11 is 0. The van der Waals surface area contributed by atoms with Crippen molar-refractivity contribution in [2.45, 2.75) is 59.3 Å². The van der Waals surface area contributed by atoms with Gasteiger partial charge >= 0.3 is 5.97 Å².